The Kier molecular flexibility index (Phi) is 7.08. The second-order valence-electron chi connectivity index (χ2n) is 8.05. The van der Waals surface area contributed by atoms with Crippen molar-refractivity contribution in [3.63, 3.8) is 0 Å². The minimum atomic E-state index is -0.0473. The number of carbonyl (C=O) groups excluding carboxylic acids is 2. The van der Waals surface area contributed by atoms with E-state index >= 15 is 0 Å². The van der Waals surface area contributed by atoms with Crippen molar-refractivity contribution in [2.24, 2.45) is 5.92 Å². The van der Waals surface area contributed by atoms with E-state index in [9.17, 15) is 14.9 Å². The molecule has 1 fully saturated rings. The van der Waals surface area contributed by atoms with Crippen LogP contribution in [0.5, 0.6) is 0 Å². The average Bonchev–Trinajstić information content (AvgIpc) is 2.85. The second-order valence-corrected chi connectivity index (χ2v) is 9.16. The Morgan fingerprint density at radius 3 is 2.79 bits per heavy atom. The summed E-state index contributed by atoms with van der Waals surface area (Å²) in [7, 11) is 3.59. The molecule has 2 amide bonds. The van der Waals surface area contributed by atoms with Crippen molar-refractivity contribution >= 4 is 28.2 Å². The molecule has 2 aliphatic rings. The Bertz CT molecular complexity index is 765. The molecule has 0 saturated carbocycles. The van der Waals surface area contributed by atoms with E-state index in [0.29, 0.717) is 18.5 Å². The fourth-order valence-electron chi connectivity index (χ4n) is 4.22. The van der Waals surface area contributed by atoms with Gasteiger partial charge < -0.3 is 15.1 Å². The van der Waals surface area contributed by atoms with Gasteiger partial charge in [-0.25, -0.2) is 0 Å². The molecule has 1 aromatic rings. The van der Waals surface area contributed by atoms with Crippen molar-refractivity contribution in [2.45, 2.75) is 51.4 Å². The van der Waals surface area contributed by atoms with Crippen molar-refractivity contribution in [1.29, 1.82) is 5.26 Å². The van der Waals surface area contributed by atoms with Crippen LogP contribution in [0.1, 0.15) is 54.5 Å². The van der Waals surface area contributed by atoms with Crippen LogP contribution in [0, 0.1) is 17.2 Å². The summed E-state index contributed by atoms with van der Waals surface area (Å²) in [6, 6.07) is 2.31. The number of fused-ring (bicyclic) bond motifs is 1. The van der Waals surface area contributed by atoms with Gasteiger partial charge in [-0.3, -0.25) is 9.59 Å². The molecule has 3 rings (SSSR count). The van der Waals surface area contributed by atoms with Crippen molar-refractivity contribution in [1.82, 2.24) is 9.80 Å². The number of hydrogen-bond acceptors (Lipinski definition) is 5. The second kappa shape index (κ2) is 9.53. The predicted octanol–water partition coefficient (Wildman–Crippen LogP) is 3.02. The first-order valence-corrected chi connectivity index (χ1v) is 11.1. The molecule has 0 radical (unpaired) electrons. The van der Waals surface area contributed by atoms with Crippen LogP contribution in [0.25, 0.3) is 0 Å². The van der Waals surface area contributed by atoms with E-state index in [2.05, 4.69) is 16.3 Å². The van der Waals surface area contributed by atoms with Gasteiger partial charge in [0.15, 0.2) is 0 Å². The molecule has 0 bridgehead atoms. The molecule has 1 aliphatic heterocycles. The summed E-state index contributed by atoms with van der Waals surface area (Å²) in [6.07, 6.45) is 7.74. The highest BCUT2D eigenvalue weighted by atomic mass is 32.1. The van der Waals surface area contributed by atoms with Crippen LogP contribution >= 0.6 is 11.3 Å². The highest BCUT2D eigenvalue weighted by Crippen LogP contribution is 2.37. The van der Waals surface area contributed by atoms with Gasteiger partial charge in [-0.15, -0.1) is 11.3 Å². The van der Waals surface area contributed by atoms with E-state index in [4.69, 9.17) is 0 Å². The van der Waals surface area contributed by atoms with E-state index in [0.717, 1.165) is 62.2 Å². The molecule has 1 N–H and O–H groups in total. The largest absolute Gasteiger partial charge is 0.349 e. The number of likely N-dealkylation sites (tertiary alicyclic amines) is 1. The minimum absolute atomic E-state index is 0.0324. The smallest absolute Gasteiger partial charge is 0.226 e. The number of hydrogen-bond donors (Lipinski definition) is 1. The standard InChI is InChI=1S/C21H30N4O2S/c1-24(2)21(27)15-7-6-11-25(14-15)12-10-19(26)23-20-17(13-22)16-8-4-3-5-9-18(16)28-20/h15H,3-12,14H2,1-2H3,(H,23,26). The number of anilines is 1. The van der Waals surface area contributed by atoms with E-state index in [1.807, 2.05) is 0 Å². The molecule has 2 heterocycles. The fraction of sp³-hybridized carbons (Fsp3) is 0.667. The maximum absolute atomic E-state index is 12.5. The van der Waals surface area contributed by atoms with E-state index in [1.54, 1.807) is 30.3 Å². The quantitative estimate of drug-likeness (QED) is 0.768. The van der Waals surface area contributed by atoms with Crippen LogP contribution in [0.2, 0.25) is 0 Å². The molecule has 0 aromatic carbocycles. The normalized spacial score (nSPS) is 20.0. The highest BCUT2D eigenvalue weighted by molar-refractivity contribution is 7.16. The van der Waals surface area contributed by atoms with Crippen molar-refractivity contribution < 1.29 is 9.59 Å². The number of aryl methyl sites for hydroxylation is 1. The van der Waals surface area contributed by atoms with E-state index < -0.39 is 0 Å². The molecule has 1 unspecified atom stereocenters. The SMILES string of the molecule is CN(C)C(=O)C1CCCN(CCC(=O)Nc2sc3c(c2C#N)CCCCC3)C1. The zero-order chi connectivity index (χ0) is 20.1. The fourth-order valence-corrected chi connectivity index (χ4v) is 5.48. The number of nitrogens with zero attached hydrogens (tertiary/aromatic N) is 3. The van der Waals surface area contributed by atoms with Crippen molar-refractivity contribution in [3.8, 4) is 6.07 Å². The molecule has 7 heteroatoms. The highest BCUT2D eigenvalue weighted by Gasteiger charge is 2.27. The zero-order valence-electron chi connectivity index (χ0n) is 16.9. The van der Waals surface area contributed by atoms with Crippen LogP contribution in [-0.4, -0.2) is 55.3 Å². The van der Waals surface area contributed by atoms with Crippen LogP contribution < -0.4 is 5.32 Å². The van der Waals surface area contributed by atoms with Gasteiger partial charge in [-0.05, 0) is 50.6 Å². The molecular weight excluding hydrogens is 372 g/mol. The lowest BCUT2D eigenvalue weighted by Gasteiger charge is -2.33. The molecule has 1 aliphatic carbocycles. The van der Waals surface area contributed by atoms with E-state index in [-0.39, 0.29) is 17.7 Å². The van der Waals surface area contributed by atoms with Gasteiger partial charge in [0.1, 0.15) is 11.1 Å². The lowest BCUT2D eigenvalue weighted by atomic mass is 9.96. The van der Waals surface area contributed by atoms with Gasteiger partial charge in [0.2, 0.25) is 11.8 Å². The molecule has 0 spiro atoms. The molecule has 152 valence electrons. The molecule has 1 atom stereocenters. The molecule has 1 saturated heterocycles. The summed E-state index contributed by atoms with van der Waals surface area (Å²) in [6.45, 7) is 2.30. The lowest BCUT2D eigenvalue weighted by molar-refractivity contribution is -0.134. The maximum Gasteiger partial charge on any atom is 0.226 e. The zero-order valence-corrected chi connectivity index (χ0v) is 17.7. The average molecular weight is 403 g/mol. The summed E-state index contributed by atoms with van der Waals surface area (Å²) in [5.41, 5.74) is 1.83. The number of nitrogens with one attached hydrogen (secondary N) is 1. The van der Waals surface area contributed by atoms with Crippen LogP contribution in [0.3, 0.4) is 0 Å². The van der Waals surface area contributed by atoms with Crippen LogP contribution in [-0.2, 0) is 22.4 Å². The lowest BCUT2D eigenvalue weighted by Crippen LogP contribution is -2.43. The van der Waals surface area contributed by atoms with Gasteiger partial charge in [-0.2, -0.15) is 5.26 Å². The number of carbonyl (C=O) groups is 2. The van der Waals surface area contributed by atoms with Crippen LogP contribution in [0.4, 0.5) is 5.00 Å². The number of thiophene rings is 1. The first-order chi connectivity index (χ1) is 13.5. The number of amides is 2. The van der Waals surface area contributed by atoms with E-state index in [1.165, 1.54) is 11.3 Å². The Labute approximate surface area is 171 Å². The number of piperidine rings is 1. The summed E-state index contributed by atoms with van der Waals surface area (Å²) in [5.74, 6) is 0.159. The van der Waals surface area contributed by atoms with Crippen molar-refractivity contribution in [2.75, 3.05) is 39.0 Å². The Hall–Kier alpha value is -1.91. The first kappa shape index (κ1) is 20.8. The van der Waals surface area contributed by atoms with Crippen molar-refractivity contribution in [3.05, 3.63) is 16.0 Å². The maximum atomic E-state index is 12.5. The van der Waals surface area contributed by atoms with Gasteiger partial charge in [-0.1, -0.05) is 6.42 Å². The first-order valence-electron chi connectivity index (χ1n) is 10.3. The summed E-state index contributed by atoms with van der Waals surface area (Å²) < 4.78 is 0. The van der Waals surface area contributed by atoms with Gasteiger partial charge in [0.25, 0.3) is 0 Å². The number of rotatable bonds is 5. The molecular formula is C21H30N4O2S. The third-order valence-corrected chi connectivity index (χ3v) is 6.94. The Morgan fingerprint density at radius 1 is 1.25 bits per heavy atom. The molecule has 6 nitrogen and oxygen atoms in total. The van der Waals surface area contributed by atoms with Gasteiger partial charge >= 0.3 is 0 Å². The van der Waals surface area contributed by atoms with Gasteiger partial charge in [0.05, 0.1) is 11.5 Å². The summed E-state index contributed by atoms with van der Waals surface area (Å²) in [5, 5.41) is 13.3. The number of nitriles is 1. The summed E-state index contributed by atoms with van der Waals surface area (Å²) in [4.78, 5) is 29.9. The Balaban J connectivity index is 1.55. The Morgan fingerprint density at radius 2 is 2.04 bits per heavy atom. The summed E-state index contributed by atoms with van der Waals surface area (Å²) >= 11 is 1.58. The minimum Gasteiger partial charge on any atom is -0.349 e. The topological polar surface area (TPSA) is 76.4 Å². The molecule has 1 aromatic heterocycles. The van der Waals surface area contributed by atoms with Gasteiger partial charge in [0, 0.05) is 38.5 Å². The third-order valence-electron chi connectivity index (χ3n) is 5.74. The molecule has 28 heavy (non-hydrogen) atoms. The third kappa shape index (κ3) is 4.92. The van der Waals surface area contributed by atoms with Crippen LogP contribution in [0.15, 0.2) is 0 Å². The predicted molar refractivity (Wildman–Crippen MR) is 111 cm³/mol. The monoisotopic (exact) mass is 402 g/mol.